The van der Waals surface area contributed by atoms with Gasteiger partial charge in [0, 0.05) is 5.02 Å². The lowest BCUT2D eigenvalue weighted by atomic mass is 10.1. The van der Waals surface area contributed by atoms with Gasteiger partial charge in [-0.05, 0) is 43.9 Å². The summed E-state index contributed by atoms with van der Waals surface area (Å²) in [5.41, 5.74) is 0. The molecular weight excluding hydrogens is 365 g/mol. The molecule has 0 saturated carbocycles. The summed E-state index contributed by atoms with van der Waals surface area (Å²) in [6.07, 6.45) is 5.32. The Balaban J connectivity index is 0.000000251. The zero-order valence-electron chi connectivity index (χ0n) is 14.9. The molecule has 2 rings (SSSR count). The van der Waals surface area contributed by atoms with Gasteiger partial charge in [-0.2, -0.15) is 0 Å². The molecule has 1 fully saturated rings. The van der Waals surface area contributed by atoms with Gasteiger partial charge in [0.2, 0.25) is 0 Å². The number of carbonyl (C=O) groups is 1. The first kappa shape index (κ1) is 22.0. The number of hydrogen-bond donors (Lipinski definition) is 0. The highest BCUT2D eigenvalue weighted by Crippen LogP contribution is 2.27. The van der Waals surface area contributed by atoms with Crippen molar-refractivity contribution in [2.24, 2.45) is 0 Å². The van der Waals surface area contributed by atoms with Crippen molar-refractivity contribution in [1.29, 1.82) is 0 Å². The minimum atomic E-state index is -1.30. The fraction of sp³-hybridized carbons (Fsp3) is 0.611. The smallest absolute Gasteiger partial charge is 0.182 e. The van der Waals surface area contributed by atoms with Crippen molar-refractivity contribution < 1.29 is 23.9 Å². The second-order valence-corrected chi connectivity index (χ2v) is 7.24. The van der Waals surface area contributed by atoms with Crippen molar-refractivity contribution in [3.8, 4) is 5.75 Å². The third-order valence-electron chi connectivity index (χ3n) is 3.89. The lowest BCUT2D eigenvalue weighted by Gasteiger charge is -2.37. The van der Waals surface area contributed by atoms with Crippen LogP contribution in [0.4, 0.5) is 0 Å². The van der Waals surface area contributed by atoms with Gasteiger partial charge in [-0.25, -0.2) is 0 Å². The first-order valence-corrected chi connectivity index (χ1v) is 9.31. The molecule has 0 spiro atoms. The van der Waals surface area contributed by atoms with Crippen LogP contribution in [0.25, 0.3) is 0 Å². The highest BCUT2D eigenvalue weighted by atomic mass is 35.5. The highest BCUT2D eigenvalue weighted by molar-refractivity contribution is 6.35. The van der Waals surface area contributed by atoms with Crippen molar-refractivity contribution in [2.75, 3.05) is 40.1 Å². The quantitative estimate of drug-likeness (QED) is 0.529. The first-order chi connectivity index (χ1) is 11.9. The molecule has 1 aliphatic rings. The number of likely N-dealkylation sites (tertiary alicyclic amines) is 1. The molecule has 1 saturated heterocycles. The predicted molar refractivity (Wildman–Crippen MR) is 97.8 cm³/mol. The van der Waals surface area contributed by atoms with Crippen LogP contribution < -0.4 is 9.84 Å². The van der Waals surface area contributed by atoms with E-state index in [1.807, 2.05) is 0 Å². The number of halogens is 2. The lowest BCUT2D eigenvalue weighted by molar-refractivity contribution is -0.932. The first-order valence-electron chi connectivity index (χ1n) is 8.55. The zero-order chi connectivity index (χ0) is 18.7. The maximum atomic E-state index is 10.0. The summed E-state index contributed by atoms with van der Waals surface area (Å²) in [7, 11) is 2.31. The number of carbonyl (C=O) groups excluding carboxylic acids is 1. The molecule has 25 heavy (non-hydrogen) atoms. The van der Waals surface area contributed by atoms with Crippen LogP contribution in [0, 0.1) is 0 Å². The van der Waals surface area contributed by atoms with Crippen LogP contribution in [0.3, 0.4) is 0 Å². The third kappa shape index (κ3) is 9.31. The van der Waals surface area contributed by atoms with Crippen LogP contribution in [-0.4, -0.2) is 50.5 Å². The molecule has 1 heterocycles. The number of aliphatic carboxylic acids is 1. The van der Waals surface area contributed by atoms with Crippen LogP contribution in [0.1, 0.15) is 32.6 Å². The van der Waals surface area contributed by atoms with E-state index >= 15 is 0 Å². The summed E-state index contributed by atoms with van der Waals surface area (Å²) in [5, 5.41) is 10.8. The van der Waals surface area contributed by atoms with Crippen LogP contribution >= 0.6 is 23.2 Å². The molecule has 0 atom stereocenters. The molecule has 7 heteroatoms. The van der Waals surface area contributed by atoms with Crippen LogP contribution in [0.15, 0.2) is 18.2 Å². The van der Waals surface area contributed by atoms with E-state index in [0.29, 0.717) is 5.02 Å². The zero-order valence-corrected chi connectivity index (χ0v) is 16.4. The van der Waals surface area contributed by atoms with E-state index < -0.39 is 12.6 Å². The number of carboxylic acids is 1. The second kappa shape index (κ2) is 11.6. The topological polar surface area (TPSA) is 58.6 Å². The molecule has 0 unspecified atom stereocenters. The Kier molecular flexibility index (Phi) is 10.2. The fourth-order valence-corrected chi connectivity index (χ4v) is 3.03. The fourth-order valence-electron chi connectivity index (χ4n) is 2.56. The predicted octanol–water partition coefficient (Wildman–Crippen LogP) is 3.12. The second-order valence-electron chi connectivity index (χ2n) is 6.40. The van der Waals surface area contributed by atoms with E-state index in [4.69, 9.17) is 32.7 Å². The molecule has 0 amide bonds. The average Bonchev–Trinajstić information content (AvgIpc) is 2.55. The van der Waals surface area contributed by atoms with Crippen LogP contribution in [0.5, 0.6) is 5.75 Å². The van der Waals surface area contributed by atoms with Gasteiger partial charge >= 0.3 is 0 Å². The Bertz CT molecular complexity index is 534. The lowest BCUT2D eigenvalue weighted by Crippen LogP contribution is -2.49. The van der Waals surface area contributed by atoms with Gasteiger partial charge in [0.1, 0.15) is 12.4 Å². The van der Waals surface area contributed by atoms with Gasteiger partial charge in [-0.3, -0.25) is 0 Å². The molecule has 1 aromatic carbocycles. The Labute approximate surface area is 160 Å². The number of hydrogen-bond acceptors (Lipinski definition) is 4. The summed E-state index contributed by atoms with van der Waals surface area (Å²) >= 11 is 11.3. The summed E-state index contributed by atoms with van der Waals surface area (Å²) < 4.78 is 11.5. The number of quaternary nitrogens is 1. The van der Waals surface area contributed by atoms with Crippen LogP contribution in [0.2, 0.25) is 10.0 Å². The largest absolute Gasteiger partial charge is 0.546 e. The Morgan fingerprint density at radius 1 is 1.24 bits per heavy atom. The third-order valence-corrected chi connectivity index (χ3v) is 4.42. The maximum absolute atomic E-state index is 10.0. The van der Waals surface area contributed by atoms with E-state index in [1.54, 1.807) is 6.07 Å². The molecular formula is C18H27Cl2NO4. The standard InChI is InChI=1S/C10H22NO.C8H6Cl2O3/c1-3-9-12-10-11(2)7-5-4-6-8-11;9-5-1-2-7(6(10)3-5)13-4-8(11)12/h3-10H2,1-2H3;1-3H,4H2,(H,11,12)/q+1;/p-1. The van der Waals surface area contributed by atoms with Gasteiger partial charge in [0.15, 0.2) is 6.73 Å². The van der Waals surface area contributed by atoms with Gasteiger partial charge in [-0.1, -0.05) is 30.1 Å². The van der Waals surface area contributed by atoms with Crippen molar-refractivity contribution in [1.82, 2.24) is 0 Å². The normalized spacial score (nSPS) is 15.8. The van der Waals surface area contributed by atoms with Crippen molar-refractivity contribution in [3.63, 3.8) is 0 Å². The molecule has 0 aliphatic carbocycles. The number of rotatable bonds is 7. The monoisotopic (exact) mass is 391 g/mol. The maximum Gasteiger partial charge on any atom is 0.182 e. The number of ether oxygens (including phenoxy) is 2. The van der Waals surface area contributed by atoms with Gasteiger partial charge in [-0.15, -0.1) is 0 Å². The molecule has 0 bridgehead atoms. The van der Waals surface area contributed by atoms with Crippen molar-refractivity contribution in [2.45, 2.75) is 32.6 Å². The Morgan fingerprint density at radius 2 is 1.92 bits per heavy atom. The number of nitrogens with zero attached hydrogens (tertiary/aromatic N) is 1. The van der Waals surface area contributed by atoms with Crippen LogP contribution in [-0.2, 0) is 9.53 Å². The molecule has 0 aromatic heterocycles. The number of benzene rings is 1. The molecule has 0 radical (unpaired) electrons. The SMILES string of the molecule is CCCOC[N+]1(C)CCCCC1.O=C([O-])COc1ccc(Cl)cc1Cl. The Morgan fingerprint density at radius 3 is 2.48 bits per heavy atom. The molecule has 5 nitrogen and oxygen atoms in total. The Hall–Kier alpha value is -1.01. The minimum absolute atomic E-state index is 0.272. The number of carboxylic acid groups (broad SMARTS) is 1. The number of piperidine rings is 1. The summed E-state index contributed by atoms with van der Waals surface area (Å²) in [6.45, 7) is 6.10. The van der Waals surface area contributed by atoms with E-state index in [2.05, 4.69) is 14.0 Å². The van der Waals surface area contributed by atoms with E-state index in [-0.39, 0.29) is 10.8 Å². The van der Waals surface area contributed by atoms with Gasteiger partial charge < -0.3 is 23.9 Å². The van der Waals surface area contributed by atoms with Gasteiger partial charge in [0.25, 0.3) is 0 Å². The van der Waals surface area contributed by atoms with E-state index in [1.165, 1.54) is 44.5 Å². The summed E-state index contributed by atoms with van der Waals surface area (Å²) in [5.74, 6) is -1.03. The summed E-state index contributed by atoms with van der Waals surface area (Å²) in [6, 6.07) is 4.51. The van der Waals surface area contributed by atoms with Crippen molar-refractivity contribution >= 4 is 29.2 Å². The average molecular weight is 392 g/mol. The van der Waals surface area contributed by atoms with E-state index in [0.717, 1.165) is 24.2 Å². The highest BCUT2D eigenvalue weighted by Gasteiger charge is 2.24. The minimum Gasteiger partial charge on any atom is -0.546 e. The molecule has 142 valence electrons. The van der Waals surface area contributed by atoms with E-state index in [9.17, 15) is 9.90 Å². The molecule has 1 aromatic rings. The molecule has 0 N–H and O–H groups in total. The van der Waals surface area contributed by atoms with Gasteiger partial charge in [0.05, 0.1) is 37.7 Å². The molecule has 1 aliphatic heterocycles. The van der Waals surface area contributed by atoms with Crippen molar-refractivity contribution in [3.05, 3.63) is 28.2 Å². The summed E-state index contributed by atoms with van der Waals surface area (Å²) in [4.78, 5) is 10.0.